The second-order valence-electron chi connectivity index (χ2n) is 4.77. The zero-order chi connectivity index (χ0) is 15.8. The molecule has 2 atom stereocenters. The van der Waals surface area contributed by atoms with E-state index >= 15 is 0 Å². The third-order valence-corrected chi connectivity index (χ3v) is 3.22. The minimum atomic E-state index is -0.890. The van der Waals surface area contributed by atoms with E-state index in [9.17, 15) is 9.90 Å². The maximum Gasteiger partial charge on any atom is 0.307 e. The van der Waals surface area contributed by atoms with Gasteiger partial charge in [-0.25, -0.2) is 0 Å². The van der Waals surface area contributed by atoms with Crippen molar-refractivity contribution >= 4 is 5.97 Å². The molecule has 5 nitrogen and oxygen atoms in total. The largest absolute Gasteiger partial charge is 0.496 e. The molecule has 0 radical (unpaired) electrons. The monoisotopic (exact) mass is 293 g/mol. The number of aliphatic hydroxyl groups excluding tert-OH is 1. The van der Waals surface area contributed by atoms with Crippen LogP contribution < -0.4 is 10.1 Å². The van der Waals surface area contributed by atoms with Crippen molar-refractivity contribution in [2.24, 2.45) is 0 Å². The van der Waals surface area contributed by atoms with Gasteiger partial charge in [0, 0.05) is 18.2 Å². The van der Waals surface area contributed by atoms with Gasteiger partial charge in [0.25, 0.3) is 0 Å². The Labute approximate surface area is 125 Å². The topological polar surface area (TPSA) is 67.8 Å². The Morgan fingerprint density at radius 3 is 2.76 bits per heavy atom. The molecule has 1 aromatic rings. The average Bonchev–Trinajstić information content (AvgIpc) is 2.50. The van der Waals surface area contributed by atoms with Crippen LogP contribution in [0.4, 0.5) is 0 Å². The van der Waals surface area contributed by atoms with Crippen molar-refractivity contribution < 1.29 is 19.4 Å². The molecule has 116 valence electrons. The number of nitrogens with one attached hydrogen (secondary N) is 1. The summed E-state index contributed by atoms with van der Waals surface area (Å²) in [5.41, 5.74) is 1.65. The quantitative estimate of drug-likeness (QED) is 0.564. The zero-order valence-electron chi connectivity index (χ0n) is 12.8. The lowest BCUT2D eigenvalue weighted by molar-refractivity contribution is -0.142. The van der Waals surface area contributed by atoms with Gasteiger partial charge in [-0.1, -0.05) is 17.7 Å². The minimum absolute atomic E-state index is 0.0581. The Morgan fingerprint density at radius 1 is 1.48 bits per heavy atom. The molecule has 5 heteroatoms. The van der Waals surface area contributed by atoms with Crippen LogP contribution in [-0.4, -0.2) is 37.9 Å². The summed E-state index contributed by atoms with van der Waals surface area (Å²) < 4.78 is 9.96. The van der Waals surface area contributed by atoms with Crippen molar-refractivity contribution in [1.29, 1.82) is 0 Å². The summed E-state index contributed by atoms with van der Waals surface area (Å²) in [5.74, 6) is 0.200. The third kappa shape index (κ3) is 4.88. The molecule has 0 aliphatic carbocycles. The predicted octanol–water partition coefficient (Wildman–Crippen LogP) is 1.74. The molecule has 0 fully saturated rings. The van der Waals surface area contributed by atoms with Crippen molar-refractivity contribution in [3.05, 3.63) is 42.0 Å². The first kappa shape index (κ1) is 17.2. The van der Waals surface area contributed by atoms with Gasteiger partial charge >= 0.3 is 5.97 Å². The molecule has 2 unspecified atom stereocenters. The molecular weight excluding hydrogens is 270 g/mol. The number of carbonyl (C=O) groups is 1. The molecule has 0 aromatic heterocycles. The Balaban J connectivity index is 3.02. The first-order valence-electron chi connectivity index (χ1n) is 6.77. The summed E-state index contributed by atoms with van der Waals surface area (Å²) in [6.45, 7) is 6.04. The number of rotatable bonds is 8. The summed E-state index contributed by atoms with van der Waals surface area (Å²) >= 11 is 0. The zero-order valence-corrected chi connectivity index (χ0v) is 12.8. The van der Waals surface area contributed by atoms with Gasteiger partial charge in [0.15, 0.2) is 0 Å². The van der Waals surface area contributed by atoms with Gasteiger partial charge in [0.2, 0.25) is 0 Å². The minimum Gasteiger partial charge on any atom is -0.496 e. The summed E-state index contributed by atoms with van der Waals surface area (Å²) in [5, 5.41) is 13.7. The van der Waals surface area contributed by atoms with E-state index in [4.69, 9.17) is 4.74 Å². The summed E-state index contributed by atoms with van der Waals surface area (Å²) in [4.78, 5) is 11.5. The highest BCUT2D eigenvalue weighted by Gasteiger charge is 2.26. The molecule has 0 heterocycles. The highest BCUT2D eigenvalue weighted by molar-refractivity contribution is 5.70. The van der Waals surface area contributed by atoms with E-state index in [1.165, 1.54) is 7.11 Å². The Hall–Kier alpha value is -1.85. The summed E-state index contributed by atoms with van der Waals surface area (Å²) in [6, 6.07) is 5.08. The van der Waals surface area contributed by atoms with E-state index in [0.29, 0.717) is 17.9 Å². The molecule has 0 aliphatic rings. The number of methoxy groups -OCH3 is 2. The van der Waals surface area contributed by atoms with Gasteiger partial charge in [-0.15, -0.1) is 6.58 Å². The van der Waals surface area contributed by atoms with Gasteiger partial charge in [0.1, 0.15) is 5.75 Å². The van der Waals surface area contributed by atoms with Crippen molar-refractivity contribution in [2.75, 3.05) is 20.8 Å². The van der Waals surface area contributed by atoms with E-state index in [-0.39, 0.29) is 12.4 Å². The van der Waals surface area contributed by atoms with Crippen LogP contribution in [0, 0.1) is 6.92 Å². The summed E-state index contributed by atoms with van der Waals surface area (Å²) in [6.07, 6.45) is 0.839. The van der Waals surface area contributed by atoms with Crippen molar-refractivity contribution in [2.45, 2.75) is 25.5 Å². The molecular formula is C16H23NO4. The van der Waals surface area contributed by atoms with Gasteiger partial charge in [0.05, 0.1) is 26.7 Å². The lowest BCUT2D eigenvalue weighted by atomic mass is 9.97. The average molecular weight is 293 g/mol. The van der Waals surface area contributed by atoms with Crippen molar-refractivity contribution in [3.8, 4) is 5.75 Å². The lowest BCUT2D eigenvalue weighted by Gasteiger charge is -2.25. The fraction of sp³-hybridized carbons (Fsp3) is 0.438. The highest BCUT2D eigenvalue weighted by Crippen LogP contribution is 2.29. The van der Waals surface area contributed by atoms with Crippen LogP contribution in [0.1, 0.15) is 23.7 Å². The van der Waals surface area contributed by atoms with Gasteiger partial charge in [-0.05, 0) is 19.1 Å². The second-order valence-corrected chi connectivity index (χ2v) is 4.77. The Kier molecular flexibility index (Phi) is 6.91. The number of hydrogen-bond donors (Lipinski definition) is 2. The van der Waals surface area contributed by atoms with Crippen LogP contribution in [0.15, 0.2) is 30.9 Å². The SMILES string of the molecule is C=CCNC(CC(=O)OC)C(O)c1cc(C)ccc1OC. The molecule has 0 saturated heterocycles. The molecule has 0 amide bonds. The predicted molar refractivity (Wildman–Crippen MR) is 81.3 cm³/mol. The van der Waals surface area contributed by atoms with Crippen LogP contribution in [0.5, 0.6) is 5.75 Å². The van der Waals surface area contributed by atoms with Crippen LogP contribution in [0.25, 0.3) is 0 Å². The first-order valence-corrected chi connectivity index (χ1v) is 6.77. The molecule has 0 bridgehead atoms. The lowest BCUT2D eigenvalue weighted by Crippen LogP contribution is -2.37. The standard InChI is InChI=1S/C16H23NO4/c1-5-8-17-13(10-15(18)21-4)16(19)12-9-11(2)6-7-14(12)20-3/h5-7,9,13,16-17,19H,1,8,10H2,2-4H3. The number of esters is 1. The number of ether oxygens (including phenoxy) is 2. The van der Waals surface area contributed by atoms with E-state index in [1.807, 2.05) is 19.1 Å². The van der Waals surface area contributed by atoms with E-state index in [2.05, 4.69) is 16.6 Å². The number of benzene rings is 1. The fourth-order valence-corrected chi connectivity index (χ4v) is 2.09. The summed E-state index contributed by atoms with van der Waals surface area (Å²) in [7, 11) is 2.87. The normalized spacial score (nSPS) is 13.3. The Morgan fingerprint density at radius 2 is 2.19 bits per heavy atom. The van der Waals surface area contributed by atoms with Crippen molar-refractivity contribution in [1.82, 2.24) is 5.32 Å². The van der Waals surface area contributed by atoms with Gasteiger partial charge < -0.3 is 19.9 Å². The maximum absolute atomic E-state index is 11.5. The highest BCUT2D eigenvalue weighted by atomic mass is 16.5. The third-order valence-electron chi connectivity index (χ3n) is 3.22. The van der Waals surface area contributed by atoms with Crippen LogP contribution in [-0.2, 0) is 9.53 Å². The molecule has 0 saturated carbocycles. The molecule has 1 aromatic carbocycles. The molecule has 21 heavy (non-hydrogen) atoms. The second kappa shape index (κ2) is 8.44. The smallest absolute Gasteiger partial charge is 0.307 e. The van der Waals surface area contributed by atoms with Crippen LogP contribution in [0.3, 0.4) is 0 Å². The van der Waals surface area contributed by atoms with E-state index in [0.717, 1.165) is 5.56 Å². The van der Waals surface area contributed by atoms with E-state index < -0.39 is 12.1 Å². The maximum atomic E-state index is 11.5. The van der Waals surface area contributed by atoms with Gasteiger partial charge in [-0.2, -0.15) is 0 Å². The molecule has 1 rings (SSSR count). The van der Waals surface area contributed by atoms with Crippen LogP contribution in [0.2, 0.25) is 0 Å². The molecule has 0 aliphatic heterocycles. The number of aryl methyl sites for hydroxylation is 1. The molecule has 0 spiro atoms. The Bertz CT molecular complexity index is 487. The first-order chi connectivity index (χ1) is 10.0. The van der Waals surface area contributed by atoms with Gasteiger partial charge in [-0.3, -0.25) is 4.79 Å². The number of hydrogen-bond acceptors (Lipinski definition) is 5. The van der Waals surface area contributed by atoms with E-state index in [1.54, 1.807) is 19.3 Å². The van der Waals surface area contributed by atoms with Crippen LogP contribution >= 0.6 is 0 Å². The molecule has 2 N–H and O–H groups in total. The number of carbonyl (C=O) groups excluding carboxylic acids is 1. The fourth-order valence-electron chi connectivity index (χ4n) is 2.09. The number of aliphatic hydroxyl groups is 1. The van der Waals surface area contributed by atoms with Crippen molar-refractivity contribution in [3.63, 3.8) is 0 Å².